The van der Waals surface area contributed by atoms with E-state index in [0.29, 0.717) is 17.5 Å². The zero-order valence-corrected chi connectivity index (χ0v) is 12.3. The van der Waals surface area contributed by atoms with Gasteiger partial charge in [0.2, 0.25) is 5.89 Å². The van der Waals surface area contributed by atoms with Crippen LogP contribution < -0.4 is 5.32 Å². The maximum absolute atomic E-state index is 12.1. The Balaban J connectivity index is 1.72. The molecule has 0 aliphatic carbocycles. The van der Waals surface area contributed by atoms with Crippen molar-refractivity contribution in [1.29, 1.82) is 0 Å². The standard InChI is InChI=1S/C13H11Cl2N3O3/c14-7-3-4-8(9(15)6-7)11(19)16-13-18-17-12(21-13)10-2-1-5-20-10/h3-4,6,10H,1-2,5H2,(H,16,18,19). The molecule has 1 unspecified atom stereocenters. The molecule has 3 rings (SSSR count). The summed E-state index contributed by atoms with van der Waals surface area (Å²) in [6.45, 7) is 0.676. The van der Waals surface area contributed by atoms with Gasteiger partial charge in [-0.3, -0.25) is 10.1 Å². The molecule has 1 atom stereocenters. The fourth-order valence-electron chi connectivity index (χ4n) is 2.03. The Morgan fingerprint density at radius 1 is 1.33 bits per heavy atom. The molecule has 2 aromatic rings. The first-order chi connectivity index (χ1) is 10.1. The van der Waals surface area contributed by atoms with E-state index in [1.165, 1.54) is 12.1 Å². The molecule has 21 heavy (non-hydrogen) atoms. The van der Waals surface area contributed by atoms with Crippen molar-refractivity contribution in [2.45, 2.75) is 18.9 Å². The van der Waals surface area contributed by atoms with Gasteiger partial charge >= 0.3 is 6.01 Å². The number of carbonyl (C=O) groups excluding carboxylic acids is 1. The van der Waals surface area contributed by atoms with Gasteiger partial charge in [-0.25, -0.2) is 0 Å². The third-order valence-corrected chi connectivity index (χ3v) is 3.59. The number of amides is 1. The quantitative estimate of drug-likeness (QED) is 0.933. The Hall–Kier alpha value is -1.63. The number of nitrogens with zero attached hydrogens (tertiary/aromatic N) is 2. The van der Waals surface area contributed by atoms with Crippen molar-refractivity contribution in [2.24, 2.45) is 0 Å². The number of hydrogen-bond donors (Lipinski definition) is 1. The lowest BCUT2D eigenvalue weighted by Crippen LogP contribution is -2.12. The number of benzene rings is 1. The van der Waals surface area contributed by atoms with Gasteiger partial charge in [-0.15, -0.1) is 5.10 Å². The van der Waals surface area contributed by atoms with E-state index in [1.54, 1.807) is 6.07 Å². The van der Waals surface area contributed by atoms with Crippen LogP contribution in [0.1, 0.15) is 35.2 Å². The van der Waals surface area contributed by atoms with Crippen LogP contribution in [-0.4, -0.2) is 22.7 Å². The van der Waals surface area contributed by atoms with Crippen LogP contribution in [0, 0.1) is 0 Å². The maximum Gasteiger partial charge on any atom is 0.322 e. The zero-order chi connectivity index (χ0) is 14.8. The fraction of sp³-hybridized carbons (Fsp3) is 0.308. The molecule has 1 fully saturated rings. The summed E-state index contributed by atoms with van der Waals surface area (Å²) in [4.78, 5) is 12.1. The van der Waals surface area contributed by atoms with Gasteiger partial charge in [0.25, 0.3) is 5.91 Å². The predicted molar refractivity (Wildman–Crippen MR) is 76.6 cm³/mol. The van der Waals surface area contributed by atoms with Crippen molar-refractivity contribution in [3.05, 3.63) is 39.7 Å². The highest BCUT2D eigenvalue weighted by atomic mass is 35.5. The topological polar surface area (TPSA) is 77.2 Å². The third kappa shape index (κ3) is 3.18. The smallest absolute Gasteiger partial charge is 0.322 e. The molecule has 1 aromatic heterocycles. The largest absolute Gasteiger partial charge is 0.405 e. The van der Waals surface area contributed by atoms with E-state index in [-0.39, 0.29) is 22.7 Å². The van der Waals surface area contributed by atoms with Gasteiger partial charge in [0.1, 0.15) is 6.10 Å². The van der Waals surface area contributed by atoms with Crippen LogP contribution in [0.4, 0.5) is 6.01 Å². The minimum atomic E-state index is -0.445. The van der Waals surface area contributed by atoms with E-state index in [9.17, 15) is 4.79 Å². The first-order valence-electron chi connectivity index (χ1n) is 6.35. The molecule has 110 valence electrons. The van der Waals surface area contributed by atoms with Gasteiger partial charge in [0.05, 0.1) is 10.6 Å². The molecule has 1 aliphatic rings. The molecule has 2 heterocycles. The molecule has 1 N–H and O–H groups in total. The molecule has 6 nitrogen and oxygen atoms in total. The van der Waals surface area contributed by atoms with E-state index < -0.39 is 5.91 Å². The normalized spacial score (nSPS) is 17.9. The first-order valence-corrected chi connectivity index (χ1v) is 7.10. The molecule has 0 saturated carbocycles. The molecular weight excluding hydrogens is 317 g/mol. The van der Waals surface area contributed by atoms with E-state index in [0.717, 1.165) is 12.8 Å². The second kappa shape index (κ2) is 6.01. The summed E-state index contributed by atoms with van der Waals surface area (Å²) in [5.41, 5.74) is 0.276. The van der Waals surface area contributed by atoms with E-state index in [2.05, 4.69) is 15.5 Å². The number of nitrogens with one attached hydrogen (secondary N) is 1. The summed E-state index contributed by atoms with van der Waals surface area (Å²) in [6, 6.07) is 4.60. The summed E-state index contributed by atoms with van der Waals surface area (Å²) in [6.07, 6.45) is 1.59. The van der Waals surface area contributed by atoms with Gasteiger partial charge in [0.15, 0.2) is 0 Å². The monoisotopic (exact) mass is 327 g/mol. The molecule has 0 radical (unpaired) electrons. The van der Waals surface area contributed by atoms with E-state index in [1.807, 2.05) is 0 Å². The Labute approximate surface area is 130 Å². The number of ether oxygens (including phenoxy) is 1. The van der Waals surface area contributed by atoms with Gasteiger partial charge < -0.3 is 9.15 Å². The Morgan fingerprint density at radius 3 is 2.90 bits per heavy atom. The molecule has 1 saturated heterocycles. The lowest BCUT2D eigenvalue weighted by molar-refractivity contribution is 0.0893. The predicted octanol–water partition coefficient (Wildman–Crippen LogP) is 3.48. The molecule has 1 amide bonds. The van der Waals surface area contributed by atoms with E-state index >= 15 is 0 Å². The number of carbonyl (C=O) groups is 1. The number of anilines is 1. The molecule has 1 aliphatic heterocycles. The van der Waals surface area contributed by atoms with Crippen molar-refractivity contribution in [1.82, 2.24) is 10.2 Å². The number of halogens is 2. The van der Waals surface area contributed by atoms with Gasteiger partial charge in [-0.1, -0.05) is 28.3 Å². The number of hydrogen-bond acceptors (Lipinski definition) is 5. The van der Waals surface area contributed by atoms with Gasteiger partial charge in [0, 0.05) is 11.6 Å². The third-order valence-electron chi connectivity index (χ3n) is 3.04. The van der Waals surface area contributed by atoms with Crippen molar-refractivity contribution in [2.75, 3.05) is 11.9 Å². The maximum atomic E-state index is 12.1. The zero-order valence-electron chi connectivity index (χ0n) is 10.8. The minimum Gasteiger partial charge on any atom is -0.405 e. The summed E-state index contributed by atoms with van der Waals surface area (Å²) < 4.78 is 10.8. The van der Waals surface area contributed by atoms with Crippen molar-refractivity contribution in [3.8, 4) is 0 Å². The van der Waals surface area contributed by atoms with Gasteiger partial charge in [-0.2, -0.15) is 0 Å². The lowest BCUT2D eigenvalue weighted by atomic mass is 10.2. The summed E-state index contributed by atoms with van der Waals surface area (Å²) >= 11 is 11.8. The Morgan fingerprint density at radius 2 is 2.19 bits per heavy atom. The van der Waals surface area contributed by atoms with Crippen LogP contribution in [0.25, 0.3) is 0 Å². The molecule has 8 heteroatoms. The highest BCUT2D eigenvalue weighted by molar-refractivity contribution is 6.37. The van der Waals surface area contributed by atoms with Crippen LogP contribution in [0.5, 0.6) is 0 Å². The fourth-order valence-corrected chi connectivity index (χ4v) is 2.52. The second-order valence-electron chi connectivity index (χ2n) is 4.53. The number of rotatable bonds is 3. The second-order valence-corrected chi connectivity index (χ2v) is 5.37. The summed E-state index contributed by atoms with van der Waals surface area (Å²) in [7, 11) is 0. The SMILES string of the molecule is O=C(Nc1nnc(C2CCCO2)o1)c1ccc(Cl)cc1Cl. The van der Waals surface area contributed by atoms with Crippen LogP contribution in [0.2, 0.25) is 10.0 Å². The molecular formula is C13H11Cl2N3O3. The van der Waals surface area contributed by atoms with Crippen LogP contribution >= 0.6 is 23.2 Å². The molecule has 0 bridgehead atoms. The van der Waals surface area contributed by atoms with Crippen LogP contribution in [0.3, 0.4) is 0 Å². The molecule has 0 spiro atoms. The highest BCUT2D eigenvalue weighted by Crippen LogP contribution is 2.28. The first kappa shape index (κ1) is 14.3. The average molecular weight is 328 g/mol. The Kier molecular flexibility index (Phi) is 4.10. The van der Waals surface area contributed by atoms with Gasteiger partial charge in [-0.05, 0) is 31.0 Å². The lowest BCUT2D eigenvalue weighted by Gasteiger charge is -2.04. The van der Waals surface area contributed by atoms with Crippen molar-refractivity contribution >= 4 is 35.1 Å². The van der Waals surface area contributed by atoms with Crippen molar-refractivity contribution in [3.63, 3.8) is 0 Å². The minimum absolute atomic E-state index is 0.0107. The Bertz CT molecular complexity index is 668. The van der Waals surface area contributed by atoms with Crippen molar-refractivity contribution < 1.29 is 13.9 Å². The van der Waals surface area contributed by atoms with Crippen LogP contribution in [-0.2, 0) is 4.74 Å². The highest BCUT2D eigenvalue weighted by Gasteiger charge is 2.24. The average Bonchev–Trinajstić information content (AvgIpc) is 3.08. The molecule has 1 aromatic carbocycles. The van der Waals surface area contributed by atoms with E-state index in [4.69, 9.17) is 32.4 Å². The summed E-state index contributed by atoms with van der Waals surface area (Å²) in [5.74, 6) is -0.0794. The number of aromatic nitrogens is 2. The summed E-state index contributed by atoms with van der Waals surface area (Å²) in [5, 5.41) is 10.8. The van der Waals surface area contributed by atoms with Crippen LogP contribution in [0.15, 0.2) is 22.6 Å².